The summed E-state index contributed by atoms with van der Waals surface area (Å²) in [4.78, 5) is 12.8. The zero-order valence-electron chi connectivity index (χ0n) is 10.5. The summed E-state index contributed by atoms with van der Waals surface area (Å²) in [5.74, 6) is 0.391. The highest BCUT2D eigenvalue weighted by atomic mass is 35.5. The fourth-order valence-corrected chi connectivity index (χ4v) is 2.16. The van der Waals surface area contributed by atoms with Gasteiger partial charge in [0.25, 0.3) is 0 Å². The third kappa shape index (κ3) is 2.50. The normalized spacial score (nSPS) is 10.8. The summed E-state index contributed by atoms with van der Waals surface area (Å²) in [6.45, 7) is 0. The fraction of sp³-hybridized carbons (Fsp3) is 0.0769. The first-order chi connectivity index (χ1) is 9.63. The summed E-state index contributed by atoms with van der Waals surface area (Å²) in [6, 6.07) is 5.16. The Balaban J connectivity index is 2.14. The van der Waals surface area contributed by atoms with E-state index in [-0.39, 0.29) is 0 Å². The van der Waals surface area contributed by atoms with E-state index in [4.69, 9.17) is 23.2 Å². The second-order valence-electron chi connectivity index (χ2n) is 4.14. The average molecular weight is 306 g/mol. The maximum Gasteiger partial charge on any atom is 0.181 e. The quantitative estimate of drug-likeness (QED) is 0.682. The minimum absolute atomic E-state index is 0.329. The lowest BCUT2D eigenvalue weighted by molar-refractivity contribution is 0.768. The largest absolute Gasteiger partial charge is 0.275 e. The highest BCUT2D eigenvalue weighted by molar-refractivity contribution is 6.33. The van der Waals surface area contributed by atoms with E-state index in [1.54, 1.807) is 35.3 Å². The topological polar surface area (TPSA) is 56.5 Å². The molecule has 0 fully saturated rings. The maximum atomic E-state index is 6.11. The maximum absolute atomic E-state index is 6.11. The number of pyridine rings is 1. The van der Waals surface area contributed by atoms with E-state index in [0.717, 1.165) is 5.56 Å². The molecule has 0 aliphatic heterocycles. The summed E-state index contributed by atoms with van der Waals surface area (Å²) in [6.07, 6.45) is 5.19. The van der Waals surface area contributed by atoms with Crippen LogP contribution in [0, 0.1) is 0 Å². The number of aryl methyl sites for hydroxylation is 1. The molecule has 20 heavy (non-hydrogen) atoms. The zero-order valence-corrected chi connectivity index (χ0v) is 12.0. The molecule has 3 heterocycles. The number of hydrogen-bond donors (Lipinski definition) is 0. The van der Waals surface area contributed by atoms with Gasteiger partial charge in [0.1, 0.15) is 10.8 Å². The first-order valence-electron chi connectivity index (χ1n) is 5.78. The van der Waals surface area contributed by atoms with Crippen molar-refractivity contribution in [2.75, 3.05) is 0 Å². The molecule has 3 aromatic heterocycles. The molecule has 0 N–H and O–H groups in total. The Labute approximate surface area is 125 Å². The SMILES string of the molecule is Cn1cc(-c2cc(Cl)nc(-c3ncccc3Cl)n2)cn1. The van der Waals surface area contributed by atoms with E-state index in [9.17, 15) is 0 Å². The smallest absolute Gasteiger partial charge is 0.181 e. The van der Waals surface area contributed by atoms with Crippen molar-refractivity contribution in [3.8, 4) is 22.8 Å². The summed E-state index contributed by atoms with van der Waals surface area (Å²) in [5.41, 5.74) is 2.03. The summed E-state index contributed by atoms with van der Waals surface area (Å²) >= 11 is 12.2. The Morgan fingerprint density at radius 3 is 2.75 bits per heavy atom. The monoisotopic (exact) mass is 305 g/mol. The molecule has 0 amide bonds. The molecule has 0 aliphatic rings. The molecule has 0 saturated carbocycles. The van der Waals surface area contributed by atoms with Crippen molar-refractivity contribution in [2.24, 2.45) is 7.05 Å². The van der Waals surface area contributed by atoms with Gasteiger partial charge in [-0.2, -0.15) is 5.10 Å². The van der Waals surface area contributed by atoms with Crippen LogP contribution in [0.25, 0.3) is 22.8 Å². The van der Waals surface area contributed by atoms with Gasteiger partial charge in [0.05, 0.1) is 16.9 Å². The number of halogens is 2. The molecule has 0 unspecified atom stereocenters. The lowest BCUT2D eigenvalue weighted by atomic mass is 10.2. The van der Waals surface area contributed by atoms with Gasteiger partial charge in [-0.25, -0.2) is 9.97 Å². The number of hydrogen-bond acceptors (Lipinski definition) is 4. The Bertz CT molecular complexity index is 769. The predicted molar refractivity (Wildman–Crippen MR) is 77.5 cm³/mol. The van der Waals surface area contributed by atoms with Crippen LogP contribution in [0.3, 0.4) is 0 Å². The molecule has 0 atom stereocenters. The van der Waals surface area contributed by atoms with E-state index in [1.165, 1.54) is 0 Å². The van der Waals surface area contributed by atoms with Gasteiger partial charge in [-0.15, -0.1) is 0 Å². The van der Waals surface area contributed by atoms with Gasteiger partial charge in [0.2, 0.25) is 0 Å². The minimum Gasteiger partial charge on any atom is -0.275 e. The molecule has 3 aromatic rings. The summed E-state index contributed by atoms with van der Waals surface area (Å²) < 4.78 is 1.69. The molecule has 0 bridgehead atoms. The molecule has 0 aliphatic carbocycles. The highest BCUT2D eigenvalue weighted by Crippen LogP contribution is 2.26. The first-order valence-corrected chi connectivity index (χ1v) is 6.53. The van der Waals surface area contributed by atoms with Crippen LogP contribution >= 0.6 is 23.2 Å². The van der Waals surface area contributed by atoms with Crippen LogP contribution in [-0.4, -0.2) is 24.7 Å². The third-order valence-corrected chi connectivity index (χ3v) is 3.16. The van der Waals surface area contributed by atoms with Gasteiger partial charge in [0.15, 0.2) is 5.82 Å². The molecular weight excluding hydrogens is 297 g/mol. The van der Waals surface area contributed by atoms with Crippen molar-refractivity contribution < 1.29 is 0 Å². The summed E-state index contributed by atoms with van der Waals surface area (Å²) in [5, 5.41) is 4.92. The van der Waals surface area contributed by atoms with Crippen LogP contribution in [0.1, 0.15) is 0 Å². The van der Waals surface area contributed by atoms with E-state index >= 15 is 0 Å². The van der Waals surface area contributed by atoms with Gasteiger partial charge in [-0.1, -0.05) is 23.2 Å². The van der Waals surface area contributed by atoms with Crippen molar-refractivity contribution in [1.82, 2.24) is 24.7 Å². The van der Waals surface area contributed by atoms with Crippen LogP contribution < -0.4 is 0 Å². The predicted octanol–water partition coefficient (Wildman–Crippen LogP) is 3.25. The molecule has 3 rings (SSSR count). The van der Waals surface area contributed by atoms with Crippen LogP contribution in [0.5, 0.6) is 0 Å². The van der Waals surface area contributed by atoms with Crippen molar-refractivity contribution in [3.05, 3.63) is 47.0 Å². The third-order valence-electron chi connectivity index (χ3n) is 2.67. The Kier molecular flexibility index (Phi) is 3.38. The van der Waals surface area contributed by atoms with Crippen molar-refractivity contribution in [2.45, 2.75) is 0 Å². The van der Waals surface area contributed by atoms with Gasteiger partial charge >= 0.3 is 0 Å². The number of nitrogens with zero attached hydrogens (tertiary/aromatic N) is 5. The Morgan fingerprint density at radius 2 is 2.05 bits per heavy atom. The van der Waals surface area contributed by atoms with E-state index in [0.29, 0.717) is 27.4 Å². The molecule has 0 radical (unpaired) electrons. The molecule has 7 heteroatoms. The van der Waals surface area contributed by atoms with Crippen LogP contribution in [-0.2, 0) is 7.05 Å². The Hall–Kier alpha value is -1.98. The minimum atomic E-state index is 0.329. The van der Waals surface area contributed by atoms with Gasteiger partial charge < -0.3 is 0 Å². The van der Waals surface area contributed by atoms with Crippen molar-refractivity contribution >= 4 is 23.2 Å². The number of aromatic nitrogens is 5. The lowest BCUT2D eigenvalue weighted by Gasteiger charge is -2.04. The fourth-order valence-electron chi connectivity index (χ4n) is 1.78. The van der Waals surface area contributed by atoms with Gasteiger partial charge in [0, 0.05) is 31.1 Å². The average Bonchev–Trinajstić information content (AvgIpc) is 2.85. The number of rotatable bonds is 2. The second-order valence-corrected chi connectivity index (χ2v) is 4.93. The van der Waals surface area contributed by atoms with Gasteiger partial charge in [-0.05, 0) is 12.1 Å². The van der Waals surface area contributed by atoms with E-state index in [2.05, 4.69) is 20.1 Å². The molecular formula is C13H9Cl2N5. The summed E-state index contributed by atoms with van der Waals surface area (Å²) in [7, 11) is 1.84. The molecule has 0 saturated heterocycles. The van der Waals surface area contributed by atoms with Crippen molar-refractivity contribution in [3.63, 3.8) is 0 Å². The molecule has 5 nitrogen and oxygen atoms in total. The molecule has 0 aromatic carbocycles. The van der Waals surface area contributed by atoms with E-state index < -0.39 is 0 Å². The van der Waals surface area contributed by atoms with Crippen LogP contribution in [0.15, 0.2) is 36.8 Å². The molecule has 100 valence electrons. The Morgan fingerprint density at radius 1 is 1.20 bits per heavy atom. The van der Waals surface area contributed by atoms with Gasteiger partial charge in [-0.3, -0.25) is 9.67 Å². The zero-order chi connectivity index (χ0) is 14.1. The second kappa shape index (κ2) is 5.19. The van der Waals surface area contributed by atoms with Crippen LogP contribution in [0.2, 0.25) is 10.2 Å². The first kappa shape index (κ1) is 13.0. The standard InChI is InChI=1S/C13H9Cl2N5/c1-20-7-8(6-17-20)10-5-11(15)19-13(18-10)12-9(14)3-2-4-16-12/h2-7H,1H3. The van der Waals surface area contributed by atoms with Crippen molar-refractivity contribution in [1.29, 1.82) is 0 Å². The lowest BCUT2D eigenvalue weighted by Crippen LogP contribution is -1.95. The highest BCUT2D eigenvalue weighted by Gasteiger charge is 2.12. The molecule has 0 spiro atoms. The van der Waals surface area contributed by atoms with Crippen LogP contribution in [0.4, 0.5) is 0 Å². The van der Waals surface area contributed by atoms with E-state index in [1.807, 2.05) is 13.2 Å².